The summed E-state index contributed by atoms with van der Waals surface area (Å²) in [5.74, 6) is -1.12. The van der Waals surface area contributed by atoms with Crippen molar-refractivity contribution in [1.29, 1.82) is 0 Å². The summed E-state index contributed by atoms with van der Waals surface area (Å²) in [5, 5.41) is 15.7. The number of nitrogens with zero attached hydrogens (tertiary/aromatic N) is 3. The van der Waals surface area contributed by atoms with E-state index in [1.54, 1.807) is 0 Å². The quantitative estimate of drug-likeness (QED) is 0.867. The van der Waals surface area contributed by atoms with E-state index in [-0.39, 0.29) is 0 Å². The molecule has 7 nitrogen and oxygen atoms in total. The Kier molecular flexibility index (Phi) is 4.50. The van der Waals surface area contributed by atoms with Gasteiger partial charge in [0.05, 0.1) is 11.9 Å². The van der Waals surface area contributed by atoms with Crippen LogP contribution in [-0.2, 0) is 0 Å². The maximum Gasteiger partial charge on any atom is 0.360 e. The summed E-state index contributed by atoms with van der Waals surface area (Å²) in [4.78, 5) is 34.0. The second-order valence-corrected chi connectivity index (χ2v) is 5.93. The average Bonchev–Trinajstić information content (AvgIpc) is 2.62. The van der Waals surface area contributed by atoms with E-state index in [0.717, 1.165) is 31.2 Å². The Balaban J connectivity index is 2.16. The minimum Gasteiger partial charge on any atom is -0.476 e. The summed E-state index contributed by atoms with van der Waals surface area (Å²) in [5.41, 5.74) is -0.409. The van der Waals surface area contributed by atoms with Crippen LogP contribution in [0, 0.1) is 4.91 Å². The zero-order chi connectivity index (χ0) is 17.1. The standard InChI is InChI=1S/C17H17N3O4/c21-16-13(19-24)10-20(18-15(16)17(22)23)14-9-5-4-8-12(14)11-6-2-1-3-7-11/h4-5,8-11H,1-3,6-7H2,(H,22,23). The smallest absolute Gasteiger partial charge is 0.360 e. The molecule has 0 aliphatic heterocycles. The number of aromatic carboxylic acids is 1. The van der Waals surface area contributed by atoms with Gasteiger partial charge in [-0.2, -0.15) is 5.10 Å². The van der Waals surface area contributed by atoms with Crippen molar-refractivity contribution in [1.82, 2.24) is 9.78 Å². The minimum atomic E-state index is -1.48. The number of hydrogen-bond donors (Lipinski definition) is 1. The molecule has 1 aromatic heterocycles. The van der Waals surface area contributed by atoms with Crippen LogP contribution in [0.1, 0.15) is 54.1 Å². The van der Waals surface area contributed by atoms with Gasteiger partial charge >= 0.3 is 5.97 Å². The van der Waals surface area contributed by atoms with E-state index in [9.17, 15) is 14.5 Å². The SMILES string of the molecule is O=Nc1cn(-c2ccccc2C2CCCCC2)nc(C(=O)O)c1=O. The first-order valence-electron chi connectivity index (χ1n) is 7.91. The van der Waals surface area contributed by atoms with Gasteiger partial charge in [0.25, 0.3) is 0 Å². The molecule has 0 saturated heterocycles. The van der Waals surface area contributed by atoms with Crippen LogP contribution in [0.25, 0.3) is 5.69 Å². The molecular weight excluding hydrogens is 310 g/mol. The summed E-state index contributed by atoms with van der Waals surface area (Å²) in [7, 11) is 0. The number of para-hydroxylation sites is 1. The molecule has 7 heteroatoms. The van der Waals surface area contributed by atoms with Gasteiger partial charge in [-0.25, -0.2) is 9.48 Å². The molecule has 0 spiro atoms. The maximum absolute atomic E-state index is 11.9. The zero-order valence-electron chi connectivity index (χ0n) is 13.0. The fourth-order valence-corrected chi connectivity index (χ4v) is 3.26. The molecular formula is C17H17N3O4. The lowest BCUT2D eigenvalue weighted by atomic mass is 9.83. The van der Waals surface area contributed by atoms with Gasteiger partial charge < -0.3 is 5.11 Å². The number of nitroso groups, excluding NO2 is 1. The van der Waals surface area contributed by atoms with Crippen molar-refractivity contribution in [3.63, 3.8) is 0 Å². The molecule has 0 unspecified atom stereocenters. The van der Waals surface area contributed by atoms with Crippen LogP contribution in [0.4, 0.5) is 5.69 Å². The van der Waals surface area contributed by atoms with Crippen molar-refractivity contribution >= 4 is 11.7 Å². The van der Waals surface area contributed by atoms with Gasteiger partial charge in [0, 0.05) is 0 Å². The molecule has 2 aromatic rings. The monoisotopic (exact) mass is 327 g/mol. The van der Waals surface area contributed by atoms with Crippen molar-refractivity contribution in [3.8, 4) is 5.69 Å². The van der Waals surface area contributed by atoms with Crippen LogP contribution < -0.4 is 5.43 Å². The highest BCUT2D eigenvalue weighted by Crippen LogP contribution is 2.35. The van der Waals surface area contributed by atoms with E-state index >= 15 is 0 Å². The summed E-state index contributed by atoms with van der Waals surface area (Å²) in [6.07, 6.45) is 6.83. The zero-order valence-corrected chi connectivity index (χ0v) is 13.0. The van der Waals surface area contributed by atoms with Gasteiger partial charge in [-0.05, 0) is 35.6 Å². The van der Waals surface area contributed by atoms with Gasteiger partial charge in [0.2, 0.25) is 11.1 Å². The second-order valence-electron chi connectivity index (χ2n) is 5.93. The summed E-state index contributed by atoms with van der Waals surface area (Å²) in [6.45, 7) is 0. The third-order valence-corrected chi connectivity index (χ3v) is 4.43. The molecule has 1 aliphatic rings. The van der Waals surface area contributed by atoms with Gasteiger partial charge in [-0.15, -0.1) is 4.91 Å². The summed E-state index contributed by atoms with van der Waals surface area (Å²) < 4.78 is 1.28. The molecule has 124 valence electrons. The Morgan fingerprint density at radius 2 is 1.92 bits per heavy atom. The van der Waals surface area contributed by atoms with E-state index in [2.05, 4.69) is 10.3 Å². The van der Waals surface area contributed by atoms with E-state index in [1.807, 2.05) is 24.3 Å². The molecule has 1 aliphatic carbocycles. The Labute approximate surface area is 137 Å². The lowest BCUT2D eigenvalue weighted by molar-refractivity contribution is 0.0687. The number of hydrogen-bond acceptors (Lipinski definition) is 5. The third-order valence-electron chi connectivity index (χ3n) is 4.43. The van der Waals surface area contributed by atoms with Crippen molar-refractivity contribution in [2.24, 2.45) is 5.18 Å². The molecule has 1 N–H and O–H groups in total. The number of carbonyl (C=O) groups is 1. The molecule has 0 bridgehead atoms. The van der Waals surface area contributed by atoms with Crippen molar-refractivity contribution in [2.45, 2.75) is 38.0 Å². The van der Waals surface area contributed by atoms with E-state index in [4.69, 9.17) is 5.11 Å². The molecule has 1 saturated carbocycles. The Hall–Kier alpha value is -2.83. The van der Waals surface area contributed by atoms with Gasteiger partial charge in [-0.1, -0.05) is 37.5 Å². The highest BCUT2D eigenvalue weighted by atomic mass is 16.4. The number of rotatable bonds is 4. The highest BCUT2D eigenvalue weighted by Gasteiger charge is 2.21. The highest BCUT2D eigenvalue weighted by molar-refractivity contribution is 5.85. The number of carboxylic acids is 1. The Morgan fingerprint density at radius 1 is 1.21 bits per heavy atom. The third kappa shape index (κ3) is 2.97. The second kappa shape index (κ2) is 6.74. The first kappa shape index (κ1) is 16.0. The predicted molar refractivity (Wildman–Crippen MR) is 88.1 cm³/mol. The molecule has 1 aromatic carbocycles. The first-order chi connectivity index (χ1) is 11.6. The van der Waals surface area contributed by atoms with Crippen LogP contribution >= 0.6 is 0 Å². The minimum absolute atomic E-state index is 0.358. The number of carboxylic acid groups (broad SMARTS) is 1. The van der Waals surface area contributed by atoms with E-state index < -0.39 is 22.8 Å². The average molecular weight is 327 g/mol. The molecule has 1 fully saturated rings. The fourth-order valence-electron chi connectivity index (χ4n) is 3.26. The van der Waals surface area contributed by atoms with E-state index in [0.29, 0.717) is 11.6 Å². The van der Waals surface area contributed by atoms with E-state index in [1.165, 1.54) is 17.3 Å². The maximum atomic E-state index is 11.9. The lowest BCUT2D eigenvalue weighted by Crippen LogP contribution is -2.22. The fraction of sp³-hybridized carbons (Fsp3) is 0.353. The van der Waals surface area contributed by atoms with Crippen molar-refractivity contribution in [3.05, 3.63) is 56.9 Å². The van der Waals surface area contributed by atoms with Gasteiger partial charge in [0.15, 0.2) is 5.69 Å². The molecule has 0 radical (unpaired) electrons. The summed E-state index contributed by atoms with van der Waals surface area (Å²) >= 11 is 0. The molecule has 24 heavy (non-hydrogen) atoms. The van der Waals surface area contributed by atoms with Crippen LogP contribution in [0.2, 0.25) is 0 Å². The van der Waals surface area contributed by atoms with Crippen molar-refractivity contribution < 1.29 is 9.90 Å². The normalized spacial score (nSPS) is 15.2. The molecule has 3 rings (SSSR count). The van der Waals surface area contributed by atoms with Gasteiger partial charge in [0.1, 0.15) is 0 Å². The van der Waals surface area contributed by atoms with Crippen molar-refractivity contribution in [2.75, 3.05) is 0 Å². The molecule has 1 heterocycles. The largest absolute Gasteiger partial charge is 0.476 e. The van der Waals surface area contributed by atoms with Crippen LogP contribution in [0.15, 0.2) is 40.4 Å². The number of benzene rings is 1. The summed E-state index contributed by atoms with van der Waals surface area (Å²) in [6, 6.07) is 7.53. The Morgan fingerprint density at radius 3 is 2.58 bits per heavy atom. The number of aromatic nitrogens is 2. The van der Waals surface area contributed by atoms with Crippen LogP contribution in [0.3, 0.4) is 0 Å². The predicted octanol–water partition coefficient (Wildman–Crippen LogP) is 3.38. The first-order valence-corrected chi connectivity index (χ1v) is 7.91. The van der Waals surface area contributed by atoms with Crippen LogP contribution in [0.5, 0.6) is 0 Å². The van der Waals surface area contributed by atoms with Crippen LogP contribution in [-0.4, -0.2) is 20.9 Å². The van der Waals surface area contributed by atoms with Gasteiger partial charge in [-0.3, -0.25) is 4.79 Å². The molecule has 0 amide bonds. The lowest BCUT2D eigenvalue weighted by Gasteiger charge is -2.24. The Bertz CT molecular complexity index is 838. The molecule has 0 atom stereocenters. The topological polar surface area (TPSA) is 102 Å².